The van der Waals surface area contributed by atoms with Crippen molar-refractivity contribution in [2.24, 2.45) is 5.73 Å². The number of carbonyl (C=O) groups is 1. The SMILES string of the molecule is CCc1cnc(CNC(=O)C(C)N)s1.Cl. The second-order valence-corrected chi connectivity index (χ2v) is 4.28. The molecular formula is C9H16ClN3OS. The third kappa shape index (κ3) is 4.59. The summed E-state index contributed by atoms with van der Waals surface area (Å²) in [5.74, 6) is -0.141. The molecule has 0 aliphatic carbocycles. The molecule has 0 fully saturated rings. The number of carbonyl (C=O) groups excluding carboxylic acids is 1. The Kier molecular flexibility index (Phi) is 6.47. The van der Waals surface area contributed by atoms with E-state index in [0.29, 0.717) is 6.54 Å². The lowest BCUT2D eigenvalue weighted by Gasteiger charge is -2.04. The largest absolute Gasteiger partial charge is 0.348 e. The first-order valence-corrected chi connectivity index (χ1v) is 5.42. The summed E-state index contributed by atoms with van der Waals surface area (Å²) >= 11 is 1.62. The molecule has 1 amide bonds. The summed E-state index contributed by atoms with van der Waals surface area (Å²) in [7, 11) is 0. The molecule has 0 spiro atoms. The van der Waals surface area contributed by atoms with Crippen LogP contribution in [0.5, 0.6) is 0 Å². The Morgan fingerprint density at radius 2 is 2.40 bits per heavy atom. The predicted octanol–water partition coefficient (Wildman–Crippen LogP) is 1.09. The van der Waals surface area contributed by atoms with Gasteiger partial charge in [-0.2, -0.15) is 0 Å². The predicted molar refractivity (Wildman–Crippen MR) is 64.2 cm³/mol. The highest BCUT2D eigenvalue weighted by molar-refractivity contribution is 7.11. The number of hydrogen-bond donors (Lipinski definition) is 2. The molecule has 0 saturated heterocycles. The Morgan fingerprint density at radius 1 is 1.73 bits per heavy atom. The molecular weight excluding hydrogens is 234 g/mol. The van der Waals surface area contributed by atoms with Crippen molar-refractivity contribution in [1.29, 1.82) is 0 Å². The van der Waals surface area contributed by atoms with Gasteiger partial charge in [0.2, 0.25) is 5.91 Å². The van der Waals surface area contributed by atoms with Crippen LogP contribution in [-0.2, 0) is 17.8 Å². The molecule has 1 aromatic heterocycles. The summed E-state index contributed by atoms with van der Waals surface area (Å²) in [6.45, 7) is 4.22. The summed E-state index contributed by atoms with van der Waals surface area (Å²) in [5.41, 5.74) is 5.40. The smallest absolute Gasteiger partial charge is 0.236 e. The minimum atomic E-state index is -0.458. The fourth-order valence-electron chi connectivity index (χ4n) is 0.917. The van der Waals surface area contributed by atoms with Crippen molar-refractivity contribution >= 4 is 29.7 Å². The second-order valence-electron chi connectivity index (χ2n) is 3.08. The van der Waals surface area contributed by atoms with Gasteiger partial charge in [0, 0.05) is 11.1 Å². The van der Waals surface area contributed by atoms with Gasteiger partial charge in [-0.15, -0.1) is 23.7 Å². The van der Waals surface area contributed by atoms with Crippen molar-refractivity contribution in [3.63, 3.8) is 0 Å². The van der Waals surface area contributed by atoms with Crippen molar-refractivity contribution in [1.82, 2.24) is 10.3 Å². The number of aryl methyl sites for hydroxylation is 1. The Morgan fingerprint density at radius 3 is 2.87 bits per heavy atom. The summed E-state index contributed by atoms with van der Waals surface area (Å²) < 4.78 is 0. The van der Waals surface area contributed by atoms with Crippen LogP contribution >= 0.6 is 23.7 Å². The molecule has 4 nitrogen and oxygen atoms in total. The van der Waals surface area contributed by atoms with E-state index in [2.05, 4.69) is 17.2 Å². The Labute approximate surface area is 99.7 Å². The van der Waals surface area contributed by atoms with E-state index in [1.807, 2.05) is 6.20 Å². The van der Waals surface area contributed by atoms with E-state index in [-0.39, 0.29) is 18.3 Å². The van der Waals surface area contributed by atoms with Gasteiger partial charge in [0.25, 0.3) is 0 Å². The maximum atomic E-state index is 11.1. The topological polar surface area (TPSA) is 68.0 Å². The average Bonchev–Trinajstić information content (AvgIpc) is 2.61. The first-order valence-electron chi connectivity index (χ1n) is 4.60. The molecule has 0 aromatic carbocycles. The highest BCUT2D eigenvalue weighted by Gasteiger charge is 2.07. The molecule has 1 rings (SSSR count). The van der Waals surface area contributed by atoms with E-state index < -0.39 is 6.04 Å². The number of halogens is 1. The number of aromatic nitrogens is 1. The van der Waals surface area contributed by atoms with Crippen LogP contribution in [0.25, 0.3) is 0 Å². The minimum Gasteiger partial charge on any atom is -0.348 e. The number of amides is 1. The van der Waals surface area contributed by atoms with E-state index >= 15 is 0 Å². The third-order valence-electron chi connectivity index (χ3n) is 1.78. The quantitative estimate of drug-likeness (QED) is 0.840. The van der Waals surface area contributed by atoms with Crippen molar-refractivity contribution in [2.45, 2.75) is 32.9 Å². The fraction of sp³-hybridized carbons (Fsp3) is 0.556. The molecule has 3 N–H and O–H groups in total. The zero-order valence-corrected chi connectivity index (χ0v) is 10.5. The second kappa shape index (κ2) is 6.76. The van der Waals surface area contributed by atoms with Gasteiger partial charge in [0.05, 0.1) is 12.6 Å². The molecule has 0 aliphatic rings. The number of nitrogens with one attached hydrogen (secondary N) is 1. The van der Waals surface area contributed by atoms with Gasteiger partial charge in [-0.1, -0.05) is 6.92 Å². The van der Waals surface area contributed by atoms with Crippen molar-refractivity contribution < 1.29 is 4.79 Å². The maximum Gasteiger partial charge on any atom is 0.236 e. The van der Waals surface area contributed by atoms with Crippen LogP contribution in [-0.4, -0.2) is 16.9 Å². The monoisotopic (exact) mass is 249 g/mol. The lowest BCUT2D eigenvalue weighted by molar-refractivity contribution is -0.122. The molecule has 0 aliphatic heterocycles. The number of nitrogens with zero attached hydrogens (tertiary/aromatic N) is 1. The number of hydrogen-bond acceptors (Lipinski definition) is 4. The van der Waals surface area contributed by atoms with Gasteiger partial charge in [-0.3, -0.25) is 4.79 Å². The van der Waals surface area contributed by atoms with Gasteiger partial charge in [0.1, 0.15) is 5.01 Å². The molecule has 0 bridgehead atoms. The minimum absolute atomic E-state index is 0. The third-order valence-corrected chi connectivity index (χ3v) is 2.92. The van der Waals surface area contributed by atoms with Crippen LogP contribution in [0.2, 0.25) is 0 Å². The van der Waals surface area contributed by atoms with Crippen LogP contribution in [0.1, 0.15) is 23.7 Å². The van der Waals surface area contributed by atoms with Gasteiger partial charge < -0.3 is 11.1 Å². The van der Waals surface area contributed by atoms with Crippen LogP contribution in [0.3, 0.4) is 0 Å². The van der Waals surface area contributed by atoms with Crippen LogP contribution in [0.15, 0.2) is 6.20 Å². The molecule has 15 heavy (non-hydrogen) atoms. The lowest BCUT2D eigenvalue weighted by atomic mass is 10.3. The molecule has 0 saturated carbocycles. The number of nitrogens with two attached hydrogens (primary N) is 1. The standard InChI is InChI=1S/C9H15N3OS.ClH/c1-3-7-4-11-8(14-7)5-12-9(13)6(2)10;/h4,6H,3,5,10H2,1-2H3,(H,12,13);1H. The Balaban J connectivity index is 0.00000196. The van der Waals surface area contributed by atoms with Gasteiger partial charge in [-0.25, -0.2) is 4.98 Å². The number of thiazole rings is 1. The number of rotatable bonds is 4. The van der Waals surface area contributed by atoms with E-state index in [4.69, 9.17) is 5.73 Å². The van der Waals surface area contributed by atoms with Crippen LogP contribution < -0.4 is 11.1 Å². The first kappa shape index (κ1) is 14.3. The van der Waals surface area contributed by atoms with E-state index in [1.165, 1.54) is 4.88 Å². The highest BCUT2D eigenvalue weighted by atomic mass is 35.5. The molecule has 86 valence electrons. The molecule has 1 aromatic rings. The molecule has 1 unspecified atom stereocenters. The van der Waals surface area contributed by atoms with Crippen molar-refractivity contribution in [3.05, 3.63) is 16.1 Å². The Bertz CT molecular complexity index is 314. The summed E-state index contributed by atoms with van der Waals surface area (Å²) in [6, 6.07) is -0.458. The van der Waals surface area contributed by atoms with Crippen molar-refractivity contribution in [3.8, 4) is 0 Å². The lowest BCUT2D eigenvalue weighted by Crippen LogP contribution is -2.37. The van der Waals surface area contributed by atoms with E-state index in [0.717, 1.165) is 11.4 Å². The van der Waals surface area contributed by atoms with Crippen LogP contribution in [0.4, 0.5) is 0 Å². The van der Waals surface area contributed by atoms with Gasteiger partial charge >= 0.3 is 0 Å². The summed E-state index contributed by atoms with van der Waals surface area (Å²) in [4.78, 5) is 16.5. The molecule has 0 radical (unpaired) electrons. The molecule has 6 heteroatoms. The molecule has 1 atom stereocenters. The van der Waals surface area contributed by atoms with Crippen molar-refractivity contribution in [2.75, 3.05) is 0 Å². The molecule has 1 heterocycles. The first-order chi connectivity index (χ1) is 6.63. The van der Waals surface area contributed by atoms with E-state index in [1.54, 1.807) is 18.3 Å². The van der Waals surface area contributed by atoms with E-state index in [9.17, 15) is 4.79 Å². The average molecular weight is 250 g/mol. The normalized spacial score (nSPS) is 11.7. The highest BCUT2D eigenvalue weighted by Crippen LogP contribution is 2.12. The maximum absolute atomic E-state index is 11.1. The zero-order chi connectivity index (χ0) is 10.6. The van der Waals surface area contributed by atoms with Gasteiger partial charge in [-0.05, 0) is 13.3 Å². The Hall–Kier alpha value is -0.650. The van der Waals surface area contributed by atoms with Gasteiger partial charge in [0.15, 0.2) is 0 Å². The zero-order valence-electron chi connectivity index (χ0n) is 8.82. The summed E-state index contributed by atoms with van der Waals surface area (Å²) in [5, 5.41) is 3.65. The fourth-order valence-corrected chi connectivity index (χ4v) is 1.72. The summed E-state index contributed by atoms with van der Waals surface area (Å²) in [6.07, 6.45) is 2.83. The van der Waals surface area contributed by atoms with Crippen LogP contribution in [0, 0.1) is 0 Å².